The molecule has 0 atom stereocenters. The number of esters is 1. The van der Waals surface area contributed by atoms with Gasteiger partial charge in [-0.1, -0.05) is 19.1 Å². The van der Waals surface area contributed by atoms with Crippen molar-refractivity contribution in [3.05, 3.63) is 40.3 Å². The zero-order valence-corrected chi connectivity index (χ0v) is 12.8. The van der Waals surface area contributed by atoms with Crippen molar-refractivity contribution < 1.29 is 9.53 Å². The molecule has 0 aliphatic carbocycles. The molecule has 2 rings (SSSR count). The van der Waals surface area contributed by atoms with Crippen LogP contribution in [0.5, 0.6) is 0 Å². The molecular weight excluding hydrogens is 284 g/mol. The lowest BCUT2D eigenvalue weighted by molar-refractivity contribution is 0.0507. The molecule has 0 amide bonds. The fraction of sp³-hybridized carbons (Fsp3) is 0.250. The number of benzene rings is 1. The average molecular weight is 300 g/mol. The fourth-order valence-electron chi connectivity index (χ4n) is 1.96. The quantitative estimate of drug-likeness (QED) is 0.689. The third kappa shape index (κ3) is 3.06. The Bertz CT molecular complexity index is 714. The number of hydrogen-bond donors (Lipinski definition) is 1. The van der Waals surface area contributed by atoms with Crippen LogP contribution in [0.2, 0.25) is 0 Å². The summed E-state index contributed by atoms with van der Waals surface area (Å²) in [6, 6.07) is 9.37. The molecule has 2 aromatic rings. The Morgan fingerprint density at radius 1 is 1.38 bits per heavy atom. The number of nitrogens with two attached hydrogens (primary N) is 1. The molecular formula is C16H16N2O2S. The number of carbonyl (C=O) groups excluding carboxylic acids is 1. The lowest BCUT2D eigenvalue weighted by atomic mass is 10.0. The van der Waals surface area contributed by atoms with Crippen molar-refractivity contribution in [1.82, 2.24) is 0 Å². The molecule has 0 spiro atoms. The number of rotatable bonds is 4. The van der Waals surface area contributed by atoms with E-state index in [1.54, 1.807) is 6.07 Å². The minimum absolute atomic E-state index is 0.361. The molecule has 2 N–H and O–H groups in total. The summed E-state index contributed by atoms with van der Waals surface area (Å²) in [6.07, 6.45) is 0.754. The van der Waals surface area contributed by atoms with Gasteiger partial charge in [-0.2, -0.15) is 5.26 Å². The maximum Gasteiger partial charge on any atom is 0.340 e. The van der Waals surface area contributed by atoms with E-state index in [9.17, 15) is 4.79 Å². The van der Waals surface area contributed by atoms with Gasteiger partial charge in [-0.25, -0.2) is 4.79 Å². The highest BCUT2D eigenvalue weighted by atomic mass is 32.1. The molecule has 0 unspecified atom stereocenters. The summed E-state index contributed by atoms with van der Waals surface area (Å²) in [6.45, 7) is 4.15. The minimum Gasteiger partial charge on any atom is -0.462 e. The summed E-state index contributed by atoms with van der Waals surface area (Å²) in [5.74, 6) is -0.417. The molecule has 21 heavy (non-hydrogen) atoms. The number of thiophene rings is 1. The van der Waals surface area contributed by atoms with Gasteiger partial charge in [0.2, 0.25) is 0 Å². The van der Waals surface area contributed by atoms with Gasteiger partial charge >= 0.3 is 5.97 Å². The van der Waals surface area contributed by atoms with E-state index in [0.717, 1.165) is 16.9 Å². The molecule has 0 aliphatic rings. The average Bonchev–Trinajstić information content (AvgIpc) is 2.96. The first-order valence-electron chi connectivity index (χ1n) is 6.65. The predicted molar refractivity (Wildman–Crippen MR) is 84.2 cm³/mol. The van der Waals surface area contributed by atoms with Crippen molar-refractivity contribution in [2.45, 2.75) is 20.3 Å². The smallest absolute Gasteiger partial charge is 0.340 e. The van der Waals surface area contributed by atoms with E-state index < -0.39 is 5.97 Å². The highest BCUT2D eigenvalue weighted by molar-refractivity contribution is 7.16. The van der Waals surface area contributed by atoms with E-state index in [2.05, 4.69) is 6.07 Å². The topological polar surface area (TPSA) is 76.1 Å². The summed E-state index contributed by atoms with van der Waals surface area (Å²) < 4.78 is 5.23. The van der Waals surface area contributed by atoms with Gasteiger partial charge in [0, 0.05) is 16.1 Å². The summed E-state index contributed by atoms with van der Waals surface area (Å²) in [5.41, 5.74) is 8.43. The molecule has 108 valence electrons. The summed E-state index contributed by atoms with van der Waals surface area (Å²) in [4.78, 5) is 13.7. The van der Waals surface area contributed by atoms with Crippen LogP contribution in [0, 0.1) is 18.3 Å². The second-order valence-electron chi connectivity index (χ2n) is 4.63. The van der Waals surface area contributed by atoms with Gasteiger partial charge in [-0.3, -0.25) is 0 Å². The van der Waals surface area contributed by atoms with Gasteiger partial charge in [0.15, 0.2) is 0 Å². The second kappa shape index (κ2) is 6.42. The predicted octanol–water partition coefficient (Wildman–Crippen LogP) is 3.74. The van der Waals surface area contributed by atoms with Gasteiger partial charge in [-0.15, -0.1) is 11.3 Å². The Labute approximate surface area is 127 Å². The third-order valence-corrected chi connectivity index (χ3v) is 4.11. The first-order chi connectivity index (χ1) is 10.1. The Morgan fingerprint density at radius 3 is 2.76 bits per heavy atom. The molecule has 5 heteroatoms. The highest BCUT2D eigenvalue weighted by Gasteiger charge is 2.20. The molecule has 0 saturated heterocycles. The molecule has 0 radical (unpaired) electrons. The summed E-state index contributed by atoms with van der Waals surface area (Å²) in [5, 5.41) is 8.94. The molecule has 0 bridgehead atoms. The lowest BCUT2D eigenvalue weighted by Crippen LogP contribution is -2.11. The van der Waals surface area contributed by atoms with Crippen LogP contribution in [0.25, 0.3) is 10.4 Å². The number of carbonyl (C=O) groups is 1. The number of nitrogens with zero attached hydrogens (tertiary/aromatic N) is 1. The number of nitrogen functional groups attached to an aromatic ring is 1. The van der Waals surface area contributed by atoms with Gasteiger partial charge in [0.1, 0.15) is 10.9 Å². The minimum atomic E-state index is -0.417. The number of ether oxygens (including phenoxy) is 1. The Balaban J connectivity index is 2.53. The first kappa shape index (κ1) is 15.1. The first-order valence-corrected chi connectivity index (χ1v) is 7.46. The van der Waals surface area contributed by atoms with Gasteiger partial charge < -0.3 is 10.5 Å². The third-order valence-electron chi connectivity index (χ3n) is 3.09. The number of hydrogen-bond acceptors (Lipinski definition) is 5. The monoisotopic (exact) mass is 300 g/mol. The van der Waals surface area contributed by atoms with E-state index in [1.165, 1.54) is 11.3 Å². The van der Waals surface area contributed by atoms with Crippen molar-refractivity contribution in [2.75, 3.05) is 12.3 Å². The van der Waals surface area contributed by atoms with Crippen molar-refractivity contribution in [3.8, 4) is 16.5 Å². The molecule has 4 nitrogen and oxygen atoms in total. The van der Waals surface area contributed by atoms with Crippen LogP contribution in [0.15, 0.2) is 24.3 Å². The van der Waals surface area contributed by atoms with Crippen molar-refractivity contribution in [1.29, 1.82) is 5.26 Å². The van der Waals surface area contributed by atoms with Crippen molar-refractivity contribution in [3.63, 3.8) is 0 Å². The second-order valence-corrected chi connectivity index (χ2v) is 5.71. The van der Waals surface area contributed by atoms with Crippen LogP contribution in [-0.4, -0.2) is 12.6 Å². The van der Waals surface area contributed by atoms with Crippen LogP contribution < -0.4 is 5.73 Å². The van der Waals surface area contributed by atoms with E-state index >= 15 is 0 Å². The number of anilines is 1. The fourth-order valence-corrected chi connectivity index (χ4v) is 2.79. The maximum absolute atomic E-state index is 12.3. The standard InChI is InChI=1S/C16H16N2O2S/c1-3-8-20-16(19)14-12(6-4-10(2)15(14)18)13-7-5-11(9-17)21-13/h4-7H,3,8,18H2,1-2H3. The molecule has 1 aromatic carbocycles. The Kier molecular flexibility index (Phi) is 4.61. The van der Waals surface area contributed by atoms with E-state index in [1.807, 2.05) is 32.0 Å². The van der Waals surface area contributed by atoms with Crippen LogP contribution in [0.3, 0.4) is 0 Å². The molecule has 0 aliphatic heterocycles. The SMILES string of the molecule is CCCOC(=O)c1c(-c2ccc(C#N)s2)ccc(C)c1N. The van der Waals surface area contributed by atoms with Crippen molar-refractivity contribution in [2.24, 2.45) is 0 Å². The van der Waals surface area contributed by atoms with Crippen LogP contribution in [0.1, 0.15) is 34.1 Å². The van der Waals surface area contributed by atoms with Crippen LogP contribution in [-0.2, 0) is 4.74 Å². The van der Waals surface area contributed by atoms with E-state index in [0.29, 0.717) is 28.3 Å². The van der Waals surface area contributed by atoms with Crippen LogP contribution in [0.4, 0.5) is 5.69 Å². The van der Waals surface area contributed by atoms with E-state index in [-0.39, 0.29) is 0 Å². The number of nitriles is 1. The molecule has 1 heterocycles. The van der Waals surface area contributed by atoms with Gasteiger partial charge in [-0.05, 0) is 31.0 Å². The highest BCUT2D eigenvalue weighted by Crippen LogP contribution is 2.34. The Morgan fingerprint density at radius 2 is 2.14 bits per heavy atom. The Hall–Kier alpha value is -2.32. The maximum atomic E-state index is 12.3. The largest absolute Gasteiger partial charge is 0.462 e. The van der Waals surface area contributed by atoms with E-state index in [4.69, 9.17) is 15.7 Å². The normalized spacial score (nSPS) is 10.1. The molecule has 0 saturated carbocycles. The van der Waals surface area contributed by atoms with Gasteiger partial charge in [0.25, 0.3) is 0 Å². The summed E-state index contributed by atoms with van der Waals surface area (Å²) in [7, 11) is 0. The molecule has 0 fully saturated rings. The lowest BCUT2D eigenvalue weighted by Gasteiger charge is -2.12. The molecule has 1 aromatic heterocycles. The van der Waals surface area contributed by atoms with Crippen molar-refractivity contribution >= 4 is 23.0 Å². The zero-order valence-electron chi connectivity index (χ0n) is 12.0. The summed E-state index contributed by atoms with van der Waals surface area (Å²) >= 11 is 1.33. The van der Waals surface area contributed by atoms with Gasteiger partial charge in [0.05, 0.1) is 12.2 Å². The zero-order chi connectivity index (χ0) is 15.4. The van der Waals surface area contributed by atoms with Crippen LogP contribution >= 0.6 is 11.3 Å². The number of aryl methyl sites for hydroxylation is 1.